The van der Waals surface area contributed by atoms with Crippen molar-refractivity contribution in [2.24, 2.45) is 0 Å². The molecule has 3 aromatic rings. The summed E-state index contributed by atoms with van der Waals surface area (Å²) in [7, 11) is 1.58. The molecule has 0 fully saturated rings. The van der Waals surface area contributed by atoms with Gasteiger partial charge in [-0.1, -0.05) is 60.7 Å². The third kappa shape index (κ3) is 4.38. The van der Waals surface area contributed by atoms with Gasteiger partial charge in [0.25, 0.3) is 0 Å². The maximum atomic E-state index is 12.4. The largest absolute Gasteiger partial charge is 0.495 e. The molecule has 25 heavy (non-hydrogen) atoms. The first-order valence-corrected chi connectivity index (χ1v) is 8.09. The lowest BCUT2D eigenvalue weighted by atomic mass is 10.0. The maximum Gasteiger partial charge on any atom is 0.323 e. The first-order valence-electron chi connectivity index (χ1n) is 8.09. The molecule has 0 unspecified atom stereocenters. The summed E-state index contributed by atoms with van der Waals surface area (Å²) in [5.74, 6) is 0.621. The van der Waals surface area contributed by atoms with Gasteiger partial charge in [-0.3, -0.25) is 0 Å². The summed E-state index contributed by atoms with van der Waals surface area (Å²) in [6.07, 6.45) is 0.756. The van der Waals surface area contributed by atoms with Gasteiger partial charge < -0.3 is 15.4 Å². The molecule has 0 aromatic heterocycles. The van der Waals surface area contributed by atoms with E-state index in [1.165, 1.54) is 5.56 Å². The Bertz CT molecular complexity index is 847. The second kappa shape index (κ2) is 8.02. The molecule has 0 bridgehead atoms. The van der Waals surface area contributed by atoms with Gasteiger partial charge in [0, 0.05) is 5.69 Å². The van der Waals surface area contributed by atoms with Crippen LogP contribution in [0.15, 0.2) is 78.9 Å². The molecule has 0 aliphatic heterocycles. The Kier molecular flexibility index (Phi) is 5.32. The van der Waals surface area contributed by atoms with E-state index in [4.69, 9.17) is 4.74 Å². The monoisotopic (exact) mass is 332 g/mol. The molecule has 0 atom stereocenters. The lowest BCUT2D eigenvalue weighted by molar-refractivity contribution is 0.262. The minimum Gasteiger partial charge on any atom is -0.495 e. The Balaban J connectivity index is 1.73. The first-order chi connectivity index (χ1) is 12.3. The number of ether oxygens (including phenoxy) is 1. The fraction of sp³-hybridized carbons (Fsp3) is 0.0952. The zero-order chi connectivity index (χ0) is 17.5. The van der Waals surface area contributed by atoms with Crippen LogP contribution in [0.2, 0.25) is 0 Å². The van der Waals surface area contributed by atoms with Gasteiger partial charge in [0.2, 0.25) is 0 Å². The number of para-hydroxylation sites is 3. The van der Waals surface area contributed by atoms with Crippen molar-refractivity contribution in [2.75, 3.05) is 17.7 Å². The number of hydrogen-bond donors (Lipinski definition) is 2. The first kappa shape index (κ1) is 16.6. The molecule has 0 aliphatic rings. The number of rotatable bonds is 5. The van der Waals surface area contributed by atoms with Crippen molar-refractivity contribution in [3.63, 3.8) is 0 Å². The number of anilines is 2. The topological polar surface area (TPSA) is 50.4 Å². The highest BCUT2D eigenvalue weighted by Gasteiger charge is 2.09. The van der Waals surface area contributed by atoms with E-state index in [-0.39, 0.29) is 6.03 Å². The van der Waals surface area contributed by atoms with Gasteiger partial charge in [0.1, 0.15) is 5.75 Å². The number of carbonyl (C=O) groups is 1. The van der Waals surface area contributed by atoms with E-state index in [1.54, 1.807) is 19.2 Å². The summed E-state index contributed by atoms with van der Waals surface area (Å²) in [6.45, 7) is 0. The van der Waals surface area contributed by atoms with Crippen molar-refractivity contribution < 1.29 is 9.53 Å². The molecule has 3 rings (SSSR count). The number of carbonyl (C=O) groups excluding carboxylic acids is 1. The van der Waals surface area contributed by atoms with Crippen molar-refractivity contribution >= 4 is 17.4 Å². The molecule has 0 radical (unpaired) electrons. The van der Waals surface area contributed by atoms with Crippen LogP contribution in [0.5, 0.6) is 5.75 Å². The number of methoxy groups -OCH3 is 1. The summed E-state index contributed by atoms with van der Waals surface area (Å²) < 4.78 is 5.26. The molecular formula is C21H20N2O2. The van der Waals surface area contributed by atoms with Crippen LogP contribution in [-0.2, 0) is 6.42 Å². The van der Waals surface area contributed by atoms with E-state index < -0.39 is 0 Å². The normalized spacial score (nSPS) is 10.1. The predicted octanol–water partition coefficient (Wildman–Crippen LogP) is 4.93. The zero-order valence-electron chi connectivity index (χ0n) is 14.0. The molecule has 4 heteroatoms. The van der Waals surface area contributed by atoms with Crippen LogP contribution in [-0.4, -0.2) is 13.1 Å². The summed E-state index contributed by atoms with van der Waals surface area (Å²) in [5, 5.41) is 5.75. The van der Waals surface area contributed by atoms with Crippen LogP contribution in [0.25, 0.3) is 0 Å². The standard InChI is InChI=1S/C21H20N2O2/c1-25-20-14-8-7-13-19(20)23-21(24)22-18-12-6-5-11-17(18)15-16-9-3-2-4-10-16/h2-14H,15H2,1H3,(H2,22,23,24). The van der Waals surface area contributed by atoms with E-state index in [9.17, 15) is 4.79 Å². The summed E-state index contributed by atoms with van der Waals surface area (Å²) in [5.41, 5.74) is 3.67. The van der Waals surface area contributed by atoms with Crippen LogP contribution >= 0.6 is 0 Å². The average Bonchev–Trinajstić information content (AvgIpc) is 2.64. The molecule has 2 amide bonds. The maximum absolute atomic E-state index is 12.4. The van der Waals surface area contributed by atoms with Gasteiger partial charge >= 0.3 is 6.03 Å². The molecule has 0 heterocycles. The molecule has 3 aromatic carbocycles. The van der Waals surface area contributed by atoms with Crippen molar-refractivity contribution in [1.29, 1.82) is 0 Å². The number of amides is 2. The van der Waals surface area contributed by atoms with Gasteiger partial charge in [-0.15, -0.1) is 0 Å². The van der Waals surface area contributed by atoms with Crippen molar-refractivity contribution in [1.82, 2.24) is 0 Å². The van der Waals surface area contributed by atoms with Gasteiger partial charge in [0.15, 0.2) is 0 Å². The minimum atomic E-state index is -0.301. The molecule has 2 N–H and O–H groups in total. The molecule has 0 saturated heterocycles. The fourth-order valence-corrected chi connectivity index (χ4v) is 2.64. The third-order valence-electron chi connectivity index (χ3n) is 3.86. The van der Waals surface area contributed by atoms with E-state index in [1.807, 2.05) is 54.6 Å². The lowest BCUT2D eigenvalue weighted by Crippen LogP contribution is -2.20. The smallest absolute Gasteiger partial charge is 0.323 e. The Morgan fingerprint density at radius 3 is 2.16 bits per heavy atom. The average molecular weight is 332 g/mol. The lowest BCUT2D eigenvalue weighted by Gasteiger charge is -2.13. The third-order valence-corrected chi connectivity index (χ3v) is 3.86. The molecule has 4 nitrogen and oxygen atoms in total. The molecule has 126 valence electrons. The fourth-order valence-electron chi connectivity index (χ4n) is 2.64. The van der Waals surface area contributed by atoms with Crippen LogP contribution in [0, 0.1) is 0 Å². The van der Waals surface area contributed by atoms with Gasteiger partial charge in [-0.2, -0.15) is 0 Å². The SMILES string of the molecule is COc1ccccc1NC(=O)Nc1ccccc1Cc1ccccc1. The van der Waals surface area contributed by atoms with Crippen LogP contribution in [0.1, 0.15) is 11.1 Å². The quantitative estimate of drug-likeness (QED) is 0.696. The van der Waals surface area contributed by atoms with Crippen molar-refractivity contribution in [3.05, 3.63) is 90.0 Å². The van der Waals surface area contributed by atoms with E-state index in [0.29, 0.717) is 11.4 Å². The molecule has 0 saturated carbocycles. The number of urea groups is 1. The van der Waals surface area contributed by atoms with E-state index >= 15 is 0 Å². The van der Waals surface area contributed by atoms with Crippen molar-refractivity contribution in [3.8, 4) is 5.75 Å². The number of nitrogens with one attached hydrogen (secondary N) is 2. The molecular weight excluding hydrogens is 312 g/mol. The summed E-state index contributed by atoms with van der Waals surface area (Å²) in [6, 6.07) is 25.0. The Labute approximate surface area is 147 Å². The second-order valence-corrected chi connectivity index (χ2v) is 5.60. The number of benzene rings is 3. The summed E-state index contributed by atoms with van der Waals surface area (Å²) in [4.78, 5) is 12.4. The van der Waals surface area contributed by atoms with Crippen LogP contribution < -0.4 is 15.4 Å². The Hall–Kier alpha value is -3.27. The molecule has 0 aliphatic carbocycles. The highest BCUT2D eigenvalue weighted by Crippen LogP contribution is 2.24. The minimum absolute atomic E-state index is 0.301. The highest BCUT2D eigenvalue weighted by atomic mass is 16.5. The van der Waals surface area contributed by atoms with Gasteiger partial charge in [0.05, 0.1) is 12.8 Å². The van der Waals surface area contributed by atoms with E-state index in [0.717, 1.165) is 17.7 Å². The van der Waals surface area contributed by atoms with Crippen molar-refractivity contribution in [2.45, 2.75) is 6.42 Å². The van der Waals surface area contributed by atoms with Gasteiger partial charge in [-0.25, -0.2) is 4.79 Å². The summed E-state index contributed by atoms with van der Waals surface area (Å²) >= 11 is 0. The molecule has 0 spiro atoms. The second-order valence-electron chi connectivity index (χ2n) is 5.60. The van der Waals surface area contributed by atoms with Crippen LogP contribution in [0.3, 0.4) is 0 Å². The Morgan fingerprint density at radius 1 is 0.800 bits per heavy atom. The zero-order valence-corrected chi connectivity index (χ0v) is 14.0. The van der Waals surface area contributed by atoms with E-state index in [2.05, 4.69) is 22.8 Å². The van der Waals surface area contributed by atoms with Crippen LogP contribution in [0.4, 0.5) is 16.2 Å². The Morgan fingerprint density at radius 2 is 1.40 bits per heavy atom. The predicted molar refractivity (Wildman–Crippen MR) is 101 cm³/mol. The number of hydrogen-bond acceptors (Lipinski definition) is 2. The highest BCUT2D eigenvalue weighted by molar-refractivity contribution is 6.01. The van der Waals surface area contributed by atoms with Gasteiger partial charge in [-0.05, 0) is 35.7 Å².